The van der Waals surface area contributed by atoms with E-state index in [4.69, 9.17) is 17.4 Å². The molecular formula is C6H8N6O2S2. The summed E-state index contributed by atoms with van der Waals surface area (Å²) in [7, 11) is -2.39. The van der Waals surface area contributed by atoms with E-state index < -0.39 is 10.0 Å². The third-order valence-electron chi connectivity index (χ3n) is 1.91. The van der Waals surface area contributed by atoms with Crippen molar-refractivity contribution in [2.75, 3.05) is 0 Å². The Labute approximate surface area is 95.5 Å². The number of aromatic nitrogens is 5. The lowest BCUT2D eigenvalue weighted by atomic mass is 10.3. The molecule has 0 fully saturated rings. The molecule has 8 nitrogen and oxygen atoms in total. The molecule has 0 amide bonds. The van der Waals surface area contributed by atoms with Gasteiger partial charge in [0.25, 0.3) is 10.0 Å². The van der Waals surface area contributed by atoms with Gasteiger partial charge in [0.2, 0.25) is 4.77 Å². The molecule has 0 bridgehead atoms. The van der Waals surface area contributed by atoms with Crippen molar-refractivity contribution in [1.82, 2.24) is 25.0 Å². The Morgan fingerprint density at radius 1 is 1.50 bits per heavy atom. The highest BCUT2D eigenvalue weighted by Crippen LogP contribution is 2.21. The Hall–Kier alpha value is -1.52. The zero-order valence-corrected chi connectivity index (χ0v) is 9.76. The van der Waals surface area contributed by atoms with Gasteiger partial charge in [-0.05, 0) is 12.2 Å². The van der Waals surface area contributed by atoms with E-state index in [1.807, 2.05) is 0 Å². The molecule has 16 heavy (non-hydrogen) atoms. The van der Waals surface area contributed by atoms with Gasteiger partial charge >= 0.3 is 0 Å². The van der Waals surface area contributed by atoms with Crippen LogP contribution in [0.2, 0.25) is 0 Å². The zero-order valence-electron chi connectivity index (χ0n) is 8.13. The number of nitrogens with zero attached hydrogens (tertiary/aromatic N) is 3. The number of rotatable bonds is 2. The van der Waals surface area contributed by atoms with Crippen LogP contribution in [0.5, 0.6) is 0 Å². The summed E-state index contributed by atoms with van der Waals surface area (Å²) in [6, 6.07) is 0. The van der Waals surface area contributed by atoms with Crippen molar-refractivity contribution in [3.8, 4) is 11.4 Å². The summed E-state index contributed by atoms with van der Waals surface area (Å²) in [4.78, 5) is 3.90. The van der Waals surface area contributed by atoms with Gasteiger partial charge in [-0.2, -0.15) is 10.1 Å². The molecule has 0 radical (unpaired) electrons. The van der Waals surface area contributed by atoms with Crippen LogP contribution in [0.25, 0.3) is 11.4 Å². The minimum absolute atomic E-state index is 0.120. The summed E-state index contributed by atoms with van der Waals surface area (Å²) in [5.74, 6) is 0.280. The van der Waals surface area contributed by atoms with Gasteiger partial charge in [0.1, 0.15) is 0 Å². The molecule has 4 N–H and O–H groups in total. The van der Waals surface area contributed by atoms with Crippen LogP contribution in [0.3, 0.4) is 0 Å². The van der Waals surface area contributed by atoms with Crippen molar-refractivity contribution < 1.29 is 8.42 Å². The van der Waals surface area contributed by atoms with Crippen LogP contribution in [0.15, 0.2) is 11.2 Å². The summed E-state index contributed by atoms with van der Waals surface area (Å²) in [6.45, 7) is 0. The number of nitrogens with one attached hydrogen (secondary N) is 2. The fraction of sp³-hybridized carbons (Fsp3) is 0.167. The molecule has 0 atom stereocenters. The molecule has 0 saturated carbocycles. The van der Waals surface area contributed by atoms with Crippen molar-refractivity contribution in [2.45, 2.75) is 5.03 Å². The summed E-state index contributed by atoms with van der Waals surface area (Å²) in [5.41, 5.74) is 0.275. The lowest BCUT2D eigenvalue weighted by Gasteiger charge is -2.00. The van der Waals surface area contributed by atoms with E-state index in [1.165, 1.54) is 13.2 Å². The van der Waals surface area contributed by atoms with E-state index in [9.17, 15) is 8.42 Å². The molecule has 86 valence electrons. The monoisotopic (exact) mass is 260 g/mol. The molecule has 0 unspecified atom stereocenters. The number of nitrogens with two attached hydrogens (primary N) is 1. The maximum absolute atomic E-state index is 11.4. The Morgan fingerprint density at radius 2 is 2.19 bits per heavy atom. The summed E-state index contributed by atoms with van der Waals surface area (Å²) >= 11 is 4.77. The third-order valence-corrected chi connectivity index (χ3v) is 3.13. The number of aryl methyl sites for hydroxylation is 1. The first-order valence-electron chi connectivity index (χ1n) is 4.09. The second kappa shape index (κ2) is 3.50. The summed E-state index contributed by atoms with van der Waals surface area (Å²) in [5, 5.41) is 14.0. The van der Waals surface area contributed by atoms with Gasteiger partial charge < -0.3 is 0 Å². The molecule has 10 heteroatoms. The van der Waals surface area contributed by atoms with Crippen LogP contribution in [0.4, 0.5) is 0 Å². The Bertz CT molecular complexity index is 678. The van der Waals surface area contributed by atoms with E-state index in [2.05, 4.69) is 20.3 Å². The maximum Gasteiger partial charge on any atom is 0.255 e. The van der Waals surface area contributed by atoms with Gasteiger partial charge in [-0.3, -0.25) is 14.9 Å². The summed E-state index contributed by atoms with van der Waals surface area (Å²) in [6.07, 6.45) is 1.35. The maximum atomic E-state index is 11.4. The first-order valence-corrected chi connectivity index (χ1v) is 6.05. The second-order valence-corrected chi connectivity index (χ2v) is 4.91. The van der Waals surface area contributed by atoms with Gasteiger partial charge in [0.15, 0.2) is 10.9 Å². The minimum atomic E-state index is -3.87. The average molecular weight is 260 g/mol. The fourth-order valence-electron chi connectivity index (χ4n) is 1.32. The van der Waals surface area contributed by atoms with Crippen molar-refractivity contribution in [1.29, 1.82) is 0 Å². The molecule has 0 saturated heterocycles. The third kappa shape index (κ3) is 1.77. The van der Waals surface area contributed by atoms with Crippen molar-refractivity contribution in [2.24, 2.45) is 12.2 Å². The standard InChI is InChI=1S/C6H8N6O2S2/c1-12-5(16(7,13)14)3(2-8-12)4-9-6(15)11-10-4/h2H,1H3,(H2,7,13,14)(H2,9,10,11,15). The van der Waals surface area contributed by atoms with Gasteiger partial charge in [-0.1, -0.05) is 0 Å². The number of aromatic amines is 2. The SMILES string of the molecule is Cn1ncc(-c2nc(=S)[nH][nH]2)c1S(N)(=O)=O. The fourth-order valence-corrected chi connectivity index (χ4v) is 2.34. The van der Waals surface area contributed by atoms with Crippen LogP contribution in [-0.4, -0.2) is 33.4 Å². The molecule has 2 rings (SSSR count). The molecule has 0 aliphatic rings. The predicted molar refractivity (Wildman–Crippen MR) is 57.3 cm³/mol. The molecule has 2 aromatic rings. The van der Waals surface area contributed by atoms with Crippen LogP contribution in [-0.2, 0) is 17.1 Å². The highest BCUT2D eigenvalue weighted by molar-refractivity contribution is 7.89. The first kappa shape index (κ1) is 11.0. The smallest absolute Gasteiger partial charge is 0.255 e. The molecule has 0 aliphatic carbocycles. The van der Waals surface area contributed by atoms with Crippen molar-refractivity contribution >= 4 is 22.2 Å². The number of hydrogen-bond acceptors (Lipinski definition) is 5. The topological polar surface area (TPSA) is 122 Å². The number of primary sulfonamides is 1. The lowest BCUT2D eigenvalue weighted by molar-refractivity contribution is 0.579. The van der Waals surface area contributed by atoms with Crippen LogP contribution >= 0.6 is 12.2 Å². The van der Waals surface area contributed by atoms with Crippen molar-refractivity contribution in [3.05, 3.63) is 11.0 Å². The molecule has 0 aromatic carbocycles. The number of sulfonamides is 1. The lowest BCUT2D eigenvalue weighted by Crippen LogP contribution is -2.17. The van der Waals surface area contributed by atoms with E-state index in [0.29, 0.717) is 0 Å². The molecular weight excluding hydrogens is 252 g/mol. The highest BCUT2D eigenvalue weighted by atomic mass is 32.2. The van der Waals surface area contributed by atoms with Crippen LogP contribution in [0.1, 0.15) is 0 Å². The van der Waals surface area contributed by atoms with Gasteiger partial charge in [0.05, 0.1) is 11.8 Å². The average Bonchev–Trinajstić information content (AvgIpc) is 2.70. The quantitative estimate of drug-likeness (QED) is 0.629. The zero-order chi connectivity index (χ0) is 11.9. The first-order chi connectivity index (χ1) is 7.39. The van der Waals surface area contributed by atoms with E-state index in [1.54, 1.807) is 0 Å². The molecule has 2 aromatic heterocycles. The number of H-pyrrole nitrogens is 2. The van der Waals surface area contributed by atoms with E-state index in [0.717, 1.165) is 4.68 Å². The largest absolute Gasteiger partial charge is 0.282 e. The van der Waals surface area contributed by atoms with Gasteiger partial charge in [-0.25, -0.2) is 13.6 Å². The molecule has 2 heterocycles. The minimum Gasteiger partial charge on any atom is -0.282 e. The predicted octanol–water partition coefficient (Wildman–Crippen LogP) is -0.485. The Kier molecular flexibility index (Phi) is 2.40. The van der Waals surface area contributed by atoms with Crippen LogP contribution < -0.4 is 5.14 Å². The second-order valence-electron chi connectivity index (χ2n) is 3.05. The normalized spacial score (nSPS) is 11.9. The highest BCUT2D eigenvalue weighted by Gasteiger charge is 2.22. The van der Waals surface area contributed by atoms with Crippen molar-refractivity contribution in [3.63, 3.8) is 0 Å². The van der Waals surface area contributed by atoms with E-state index in [-0.39, 0.29) is 21.2 Å². The number of hydrogen-bond donors (Lipinski definition) is 3. The summed E-state index contributed by atoms with van der Waals surface area (Å²) < 4.78 is 24.1. The van der Waals surface area contributed by atoms with E-state index >= 15 is 0 Å². The van der Waals surface area contributed by atoms with Crippen LogP contribution in [0, 0.1) is 4.77 Å². The van der Waals surface area contributed by atoms with Gasteiger partial charge in [-0.15, -0.1) is 0 Å². The molecule has 0 spiro atoms. The Morgan fingerprint density at radius 3 is 2.69 bits per heavy atom. The molecule has 0 aliphatic heterocycles. The van der Waals surface area contributed by atoms with Gasteiger partial charge in [0, 0.05) is 7.05 Å². The Balaban J connectivity index is 2.73.